The molecule has 0 unspecified atom stereocenters. The summed E-state index contributed by atoms with van der Waals surface area (Å²) in [5.74, 6) is -0.411. The molecule has 1 aliphatic rings. The Bertz CT molecular complexity index is 1400. The predicted octanol–water partition coefficient (Wildman–Crippen LogP) is 5.88. The molecule has 2 heterocycles. The summed E-state index contributed by atoms with van der Waals surface area (Å²) in [6, 6.07) is 21.7. The van der Waals surface area contributed by atoms with Crippen molar-refractivity contribution < 1.29 is 14.7 Å². The van der Waals surface area contributed by atoms with Gasteiger partial charge in [0.25, 0.3) is 11.8 Å². The third-order valence-electron chi connectivity index (χ3n) is 6.47. The first kappa shape index (κ1) is 25.4. The van der Waals surface area contributed by atoms with Crippen LogP contribution in [0.25, 0.3) is 0 Å². The Balaban J connectivity index is 1.17. The monoisotopic (exact) mass is 529 g/mol. The molecular weight excluding hydrogens is 502 g/mol. The quantitative estimate of drug-likeness (QED) is 0.205. The van der Waals surface area contributed by atoms with Crippen LogP contribution in [-0.2, 0) is 0 Å². The number of H-pyrrole nitrogens is 1. The van der Waals surface area contributed by atoms with Gasteiger partial charge in [-0.3, -0.25) is 9.59 Å². The molecule has 5 N–H and O–H groups in total. The molecule has 1 aromatic heterocycles. The van der Waals surface area contributed by atoms with Crippen LogP contribution in [0.3, 0.4) is 0 Å². The normalized spacial score (nSPS) is 13.7. The van der Waals surface area contributed by atoms with E-state index in [0.717, 1.165) is 37.3 Å². The van der Waals surface area contributed by atoms with E-state index in [1.807, 2.05) is 24.3 Å². The molecule has 38 heavy (non-hydrogen) atoms. The Morgan fingerprint density at radius 3 is 2.11 bits per heavy atom. The number of amides is 2. The van der Waals surface area contributed by atoms with Crippen LogP contribution < -0.4 is 20.9 Å². The zero-order valence-corrected chi connectivity index (χ0v) is 21.3. The molecule has 9 heteroatoms. The summed E-state index contributed by atoms with van der Waals surface area (Å²) in [6.07, 6.45) is 4.63. The van der Waals surface area contributed by atoms with Gasteiger partial charge in [0.05, 0.1) is 22.4 Å². The molecule has 0 aliphatic carbocycles. The number of benzene rings is 3. The highest BCUT2D eigenvalue weighted by Gasteiger charge is 2.17. The summed E-state index contributed by atoms with van der Waals surface area (Å²) < 4.78 is 0. The summed E-state index contributed by atoms with van der Waals surface area (Å²) in [7, 11) is 0. The van der Waals surface area contributed by atoms with Crippen LogP contribution in [0.4, 0.5) is 28.4 Å². The molecule has 0 spiro atoms. The molecule has 1 fully saturated rings. The molecule has 1 aliphatic heterocycles. The van der Waals surface area contributed by atoms with Gasteiger partial charge >= 0.3 is 0 Å². The molecule has 2 amide bonds. The van der Waals surface area contributed by atoms with Gasteiger partial charge in [-0.1, -0.05) is 11.6 Å². The van der Waals surface area contributed by atoms with Crippen molar-refractivity contribution in [3.63, 3.8) is 0 Å². The average molecular weight is 530 g/mol. The Hall–Kier alpha value is -4.27. The largest absolute Gasteiger partial charge is 0.393 e. The number of aromatic nitrogens is 1. The van der Waals surface area contributed by atoms with Crippen LogP contribution in [0.2, 0.25) is 5.02 Å². The fourth-order valence-corrected chi connectivity index (χ4v) is 4.53. The van der Waals surface area contributed by atoms with E-state index in [-0.39, 0.29) is 17.9 Å². The molecule has 194 valence electrons. The van der Waals surface area contributed by atoms with E-state index < -0.39 is 0 Å². The molecule has 4 aromatic rings. The zero-order valence-electron chi connectivity index (χ0n) is 20.6. The fourth-order valence-electron chi connectivity index (χ4n) is 4.31. The summed E-state index contributed by atoms with van der Waals surface area (Å²) in [6.45, 7) is 1.61. The number of aliphatic hydroxyl groups is 1. The number of nitrogens with zero attached hydrogens (tertiary/aromatic N) is 1. The number of hydrogen-bond acceptors (Lipinski definition) is 5. The summed E-state index contributed by atoms with van der Waals surface area (Å²) in [5, 5.41) is 19.1. The second-order valence-electron chi connectivity index (χ2n) is 9.17. The first-order chi connectivity index (χ1) is 18.4. The van der Waals surface area contributed by atoms with E-state index in [1.54, 1.807) is 60.9 Å². The summed E-state index contributed by atoms with van der Waals surface area (Å²) in [5.41, 5.74) is 4.89. The van der Waals surface area contributed by atoms with Crippen molar-refractivity contribution in [2.24, 2.45) is 0 Å². The second kappa shape index (κ2) is 11.4. The molecule has 1 saturated heterocycles. The lowest BCUT2D eigenvalue weighted by molar-refractivity contribution is 0.101. The summed E-state index contributed by atoms with van der Waals surface area (Å²) in [4.78, 5) is 30.0. The minimum Gasteiger partial charge on any atom is -0.393 e. The number of carbonyl (C=O) groups is 2. The van der Waals surface area contributed by atoms with Crippen LogP contribution in [-0.4, -0.2) is 41.1 Å². The van der Waals surface area contributed by atoms with Crippen molar-refractivity contribution in [2.75, 3.05) is 33.9 Å². The van der Waals surface area contributed by atoms with E-state index in [0.29, 0.717) is 33.2 Å². The lowest BCUT2D eigenvalue weighted by Gasteiger charge is -2.31. The number of aromatic amines is 1. The Labute approximate surface area is 225 Å². The Morgan fingerprint density at radius 1 is 0.816 bits per heavy atom. The Kier molecular flexibility index (Phi) is 7.62. The van der Waals surface area contributed by atoms with Gasteiger partial charge in [0, 0.05) is 53.8 Å². The van der Waals surface area contributed by atoms with Crippen LogP contribution in [0.1, 0.15) is 33.6 Å². The lowest BCUT2D eigenvalue weighted by atomic mass is 10.1. The van der Waals surface area contributed by atoms with Gasteiger partial charge in [-0.15, -0.1) is 0 Å². The van der Waals surface area contributed by atoms with Gasteiger partial charge in [0.15, 0.2) is 0 Å². The van der Waals surface area contributed by atoms with Gasteiger partial charge in [-0.25, -0.2) is 0 Å². The fraction of sp³-hybridized carbons (Fsp3) is 0.172. The van der Waals surface area contributed by atoms with Crippen LogP contribution in [0.5, 0.6) is 0 Å². The molecule has 8 nitrogen and oxygen atoms in total. The molecule has 5 rings (SSSR count). The van der Waals surface area contributed by atoms with Crippen molar-refractivity contribution in [1.29, 1.82) is 0 Å². The Morgan fingerprint density at radius 2 is 1.45 bits per heavy atom. The first-order valence-corrected chi connectivity index (χ1v) is 12.8. The molecule has 0 radical (unpaired) electrons. The van der Waals surface area contributed by atoms with Gasteiger partial charge in [0.2, 0.25) is 0 Å². The van der Waals surface area contributed by atoms with Crippen molar-refractivity contribution in [3.8, 4) is 0 Å². The van der Waals surface area contributed by atoms with E-state index in [1.165, 1.54) is 0 Å². The van der Waals surface area contributed by atoms with E-state index >= 15 is 0 Å². The van der Waals surface area contributed by atoms with Crippen molar-refractivity contribution in [3.05, 3.63) is 101 Å². The minimum absolute atomic E-state index is 0.189. The predicted molar refractivity (Wildman–Crippen MR) is 152 cm³/mol. The third-order valence-corrected chi connectivity index (χ3v) is 6.78. The van der Waals surface area contributed by atoms with Crippen LogP contribution in [0, 0.1) is 0 Å². The third kappa shape index (κ3) is 6.16. The number of nitrogens with one attached hydrogen (secondary N) is 4. The number of anilines is 5. The van der Waals surface area contributed by atoms with Crippen molar-refractivity contribution >= 4 is 51.9 Å². The maximum atomic E-state index is 12.8. The van der Waals surface area contributed by atoms with Crippen LogP contribution >= 0.6 is 11.6 Å². The maximum absolute atomic E-state index is 12.8. The number of rotatable bonds is 7. The molecule has 0 atom stereocenters. The smallest absolute Gasteiger partial charge is 0.257 e. The van der Waals surface area contributed by atoms with E-state index in [2.05, 4.69) is 25.8 Å². The first-order valence-electron chi connectivity index (χ1n) is 12.4. The number of halogens is 1. The molecule has 0 saturated carbocycles. The number of aliphatic hydroxyl groups excluding tert-OH is 1. The maximum Gasteiger partial charge on any atom is 0.257 e. The highest BCUT2D eigenvalue weighted by molar-refractivity contribution is 6.33. The zero-order chi connectivity index (χ0) is 26.5. The SMILES string of the molecule is O=C(Nc1ccc(Nc2ccc(NC(=O)c3cc[nH]c3)cc2)c(Cl)c1)c1ccc(N2CCC(O)CC2)cc1. The van der Waals surface area contributed by atoms with Crippen molar-refractivity contribution in [2.45, 2.75) is 18.9 Å². The average Bonchev–Trinajstić information content (AvgIpc) is 3.47. The summed E-state index contributed by atoms with van der Waals surface area (Å²) >= 11 is 6.49. The van der Waals surface area contributed by atoms with Crippen molar-refractivity contribution in [1.82, 2.24) is 4.98 Å². The van der Waals surface area contributed by atoms with Gasteiger partial charge < -0.3 is 30.9 Å². The van der Waals surface area contributed by atoms with Gasteiger partial charge in [-0.2, -0.15) is 0 Å². The van der Waals surface area contributed by atoms with Gasteiger partial charge in [0.1, 0.15) is 0 Å². The molecule has 0 bridgehead atoms. The van der Waals surface area contributed by atoms with E-state index in [9.17, 15) is 14.7 Å². The van der Waals surface area contributed by atoms with Crippen LogP contribution in [0.15, 0.2) is 85.2 Å². The van der Waals surface area contributed by atoms with Gasteiger partial charge in [-0.05, 0) is 85.6 Å². The highest BCUT2D eigenvalue weighted by Crippen LogP contribution is 2.29. The molecule has 3 aromatic carbocycles. The molecular formula is C29H28ClN5O3. The topological polar surface area (TPSA) is 109 Å². The second-order valence-corrected chi connectivity index (χ2v) is 9.58. The minimum atomic E-state index is -0.223. The highest BCUT2D eigenvalue weighted by atomic mass is 35.5. The number of hydrogen-bond donors (Lipinski definition) is 5. The number of piperidine rings is 1. The van der Waals surface area contributed by atoms with E-state index in [4.69, 9.17) is 11.6 Å². The number of carbonyl (C=O) groups excluding carboxylic acids is 2. The lowest BCUT2D eigenvalue weighted by Crippen LogP contribution is -2.35. The standard InChI is InChI=1S/C29H28ClN5O3/c30-26-17-23(34-28(37)19-1-8-24(9-2-19)35-15-12-25(36)13-16-35)7-10-27(26)32-21-3-5-22(6-4-21)33-29(38)20-11-14-31-18-20/h1-11,14,17-18,25,31-32,36H,12-13,15-16H2,(H,33,38)(H,34,37).